The fraction of sp³-hybridized carbons (Fsp3) is 0.143. The molecule has 0 aromatic heterocycles. The summed E-state index contributed by atoms with van der Waals surface area (Å²) < 4.78 is 30.5. The van der Waals surface area contributed by atoms with E-state index in [9.17, 15) is 18.0 Å². The highest BCUT2D eigenvalue weighted by Gasteiger charge is 2.27. The Hall–Kier alpha value is -2.65. The molecule has 0 fully saturated rings. The summed E-state index contributed by atoms with van der Waals surface area (Å²) in [5, 5.41) is 12.3. The minimum absolute atomic E-state index is 0.0460. The van der Waals surface area contributed by atoms with E-state index in [1.165, 1.54) is 6.07 Å². The van der Waals surface area contributed by atoms with E-state index in [1.54, 1.807) is 30.3 Å². The van der Waals surface area contributed by atoms with E-state index in [4.69, 9.17) is 15.4 Å². The van der Waals surface area contributed by atoms with Gasteiger partial charge in [0.1, 0.15) is 11.8 Å². The third-order valence-electron chi connectivity index (χ3n) is 3.17. The van der Waals surface area contributed by atoms with Gasteiger partial charge in [-0.05, 0) is 16.8 Å². The van der Waals surface area contributed by atoms with Gasteiger partial charge in [-0.1, -0.05) is 30.3 Å². The van der Waals surface area contributed by atoms with Gasteiger partial charge >= 0.3 is 5.97 Å². The number of hydrogen-bond donors (Lipinski definition) is 4. The summed E-state index contributed by atoms with van der Waals surface area (Å²) in [6.07, 6.45) is 0. The van der Waals surface area contributed by atoms with Crippen LogP contribution in [0.15, 0.2) is 36.4 Å². The highest BCUT2D eigenvalue weighted by atomic mass is 32.2. The van der Waals surface area contributed by atoms with Crippen molar-refractivity contribution in [3.63, 3.8) is 0 Å². The molecular formula is C14H14N2O6S. The normalized spacial score (nSPS) is 12.7. The predicted octanol–water partition coefficient (Wildman–Crippen LogP) is 0.493. The van der Waals surface area contributed by atoms with Crippen molar-refractivity contribution in [1.29, 1.82) is 0 Å². The summed E-state index contributed by atoms with van der Waals surface area (Å²) in [6.45, 7) is 0. The van der Waals surface area contributed by atoms with E-state index in [0.717, 1.165) is 0 Å². The first kappa shape index (κ1) is 16.7. The predicted molar refractivity (Wildman–Crippen MR) is 83.7 cm³/mol. The molecule has 0 bridgehead atoms. The number of carbonyl (C=O) groups excluding carboxylic acids is 1. The molecule has 2 rings (SSSR count). The zero-order valence-corrected chi connectivity index (χ0v) is 12.6. The second-order valence-corrected chi connectivity index (χ2v) is 6.36. The number of carboxylic acid groups (broad SMARTS) is 1. The van der Waals surface area contributed by atoms with Crippen molar-refractivity contribution in [2.24, 2.45) is 0 Å². The summed E-state index contributed by atoms with van der Waals surface area (Å²) in [5.41, 5.74) is 5.96. The number of aliphatic carboxylic acids is 1. The molecule has 23 heavy (non-hydrogen) atoms. The van der Waals surface area contributed by atoms with E-state index in [0.29, 0.717) is 10.8 Å². The van der Waals surface area contributed by atoms with Gasteiger partial charge in [-0.3, -0.25) is 9.35 Å². The van der Waals surface area contributed by atoms with Gasteiger partial charge in [-0.25, -0.2) is 4.79 Å². The Morgan fingerprint density at radius 2 is 1.83 bits per heavy atom. The number of rotatable bonds is 5. The zero-order chi connectivity index (χ0) is 17.2. The van der Waals surface area contributed by atoms with Crippen LogP contribution in [0.25, 0.3) is 10.8 Å². The molecule has 1 amide bonds. The van der Waals surface area contributed by atoms with Crippen molar-refractivity contribution in [2.75, 3.05) is 11.5 Å². The van der Waals surface area contributed by atoms with Crippen LogP contribution in [-0.2, 0) is 14.9 Å². The Bertz CT molecular complexity index is 878. The number of fused-ring (bicyclic) bond motifs is 1. The number of nitrogens with one attached hydrogen (secondary N) is 1. The van der Waals surface area contributed by atoms with Gasteiger partial charge in [-0.2, -0.15) is 8.42 Å². The maximum Gasteiger partial charge on any atom is 0.327 e. The first-order valence-corrected chi connectivity index (χ1v) is 8.06. The van der Waals surface area contributed by atoms with Crippen molar-refractivity contribution < 1.29 is 27.7 Å². The quantitative estimate of drug-likeness (QED) is 0.458. The van der Waals surface area contributed by atoms with Gasteiger partial charge in [0.15, 0.2) is 0 Å². The molecule has 0 saturated carbocycles. The molecule has 1 unspecified atom stereocenters. The molecule has 0 aliphatic heterocycles. The number of benzene rings is 2. The Labute approximate surface area is 131 Å². The lowest BCUT2D eigenvalue weighted by Gasteiger charge is -2.15. The zero-order valence-electron chi connectivity index (χ0n) is 11.8. The molecule has 5 N–H and O–H groups in total. The number of nitrogens with two attached hydrogens (primary N) is 1. The SMILES string of the molecule is Nc1ccc2ccccc2c1C(=O)NC(CS(=O)(=O)O)C(=O)O. The monoisotopic (exact) mass is 338 g/mol. The van der Waals surface area contributed by atoms with Gasteiger partial charge in [-0.15, -0.1) is 0 Å². The molecule has 122 valence electrons. The highest BCUT2D eigenvalue weighted by molar-refractivity contribution is 7.85. The number of amides is 1. The number of nitrogen functional groups attached to an aromatic ring is 1. The average molecular weight is 338 g/mol. The molecule has 0 spiro atoms. The molecule has 1 atom stereocenters. The van der Waals surface area contributed by atoms with Crippen LogP contribution in [0.3, 0.4) is 0 Å². The van der Waals surface area contributed by atoms with Crippen molar-refractivity contribution in [2.45, 2.75) is 6.04 Å². The molecule has 0 saturated heterocycles. The van der Waals surface area contributed by atoms with Crippen LogP contribution in [0.1, 0.15) is 10.4 Å². The standard InChI is InChI=1S/C14H14N2O6S/c15-10-6-5-8-3-1-2-4-9(8)12(10)13(17)16-11(14(18)19)7-23(20,21)22/h1-6,11H,7,15H2,(H,16,17)(H,18,19)(H,20,21,22). The van der Waals surface area contributed by atoms with E-state index in [1.807, 2.05) is 0 Å². The first-order valence-electron chi connectivity index (χ1n) is 6.45. The van der Waals surface area contributed by atoms with Crippen LogP contribution < -0.4 is 11.1 Å². The van der Waals surface area contributed by atoms with Crippen molar-refractivity contribution in [3.05, 3.63) is 42.0 Å². The maximum absolute atomic E-state index is 12.3. The van der Waals surface area contributed by atoms with Gasteiger partial charge in [0, 0.05) is 5.69 Å². The van der Waals surface area contributed by atoms with Crippen LogP contribution in [0.4, 0.5) is 5.69 Å². The highest BCUT2D eigenvalue weighted by Crippen LogP contribution is 2.24. The van der Waals surface area contributed by atoms with Gasteiger partial charge in [0.05, 0.1) is 5.56 Å². The molecule has 0 radical (unpaired) electrons. The van der Waals surface area contributed by atoms with Crippen molar-refractivity contribution in [1.82, 2.24) is 5.32 Å². The summed E-state index contributed by atoms with van der Waals surface area (Å²) in [5.74, 6) is -3.57. The molecule has 0 heterocycles. The smallest absolute Gasteiger partial charge is 0.327 e. The van der Waals surface area contributed by atoms with E-state index >= 15 is 0 Å². The molecule has 0 aliphatic carbocycles. The van der Waals surface area contributed by atoms with E-state index < -0.39 is 33.8 Å². The molecule has 0 aliphatic rings. The molecule has 8 nitrogen and oxygen atoms in total. The van der Waals surface area contributed by atoms with Gasteiger partial charge in [0.25, 0.3) is 16.0 Å². The maximum atomic E-state index is 12.3. The molecule has 9 heteroatoms. The molecule has 2 aromatic rings. The summed E-state index contributed by atoms with van der Waals surface area (Å²) in [4.78, 5) is 23.4. The number of hydrogen-bond acceptors (Lipinski definition) is 5. The fourth-order valence-corrected chi connectivity index (χ4v) is 2.80. The molecular weight excluding hydrogens is 324 g/mol. The third-order valence-corrected chi connectivity index (χ3v) is 3.92. The first-order chi connectivity index (χ1) is 10.7. The summed E-state index contributed by atoms with van der Waals surface area (Å²) >= 11 is 0. The number of carbonyl (C=O) groups is 2. The second-order valence-electron chi connectivity index (χ2n) is 4.86. The summed E-state index contributed by atoms with van der Waals surface area (Å²) in [7, 11) is -4.58. The van der Waals surface area contributed by atoms with Crippen LogP contribution in [0, 0.1) is 0 Å². The lowest BCUT2D eigenvalue weighted by atomic mass is 10.0. The van der Waals surface area contributed by atoms with E-state index in [2.05, 4.69) is 5.32 Å². The fourth-order valence-electron chi connectivity index (χ4n) is 2.16. The van der Waals surface area contributed by atoms with Gasteiger partial charge in [0.2, 0.25) is 0 Å². The molecule has 2 aromatic carbocycles. The van der Waals surface area contributed by atoms with E-state index in [-0.39, 0.29) is 11.3 Å². The van der Waals surface area contributed by atoms with Crippen LogP contribution in [0.2, 0.25) is 0 Å². The van der Waals surface area contributed by atoms with Crippen molar-refractivity contribution in [3.8, 4) is 0 Å². The largest absolute Gasteiger partial charge is 0.480 e. The summed E-state index contributed by atoms with van der Waals surface area (Å²) in [6, 6.07) is 8.24. The van der Waals surface area contributed by atoms with Crippen LogP contribution in [0.5, 0.6) is 0 Å². The lowest BCUT2D eigenvalue weighted by molar-refractivity contribution is -0.138. The average Bonchev–Trinajstić information content (AvgIpc) is 2.44. The Morgan fingerprint density at radius 1 is 1.17 bits per heavy atom. The second kappa shape index (κ2) is 6.23. The Morgan fingerprint density at radius 3 is 2.43 bits per heavy atom. The lowest BCUT2D eigenvalue weighted by Crippen LogP contribution is -2.45. The third kappa shape index (κ3) is 3.96. The number of carboxylic acids is 1. The minimum Gasteiger partial charge on any atom is -0.480 e. The van der Waals surface area contributed by atoms with Gasteiger partial charge < -0.3 is 16.2 Å². The van der Waals surface area contributed by atoms with Crippen LogP contribution in [-0.4, -0.2) is 41.7 Å². The van der Waals surface area contributed by atoms with Crippen LogP contribution >= 0.6 is 0 Å². The topological polar surface area (TPSA) is 147 Å². The number of anilines is 1. The minimum atomic E-state index is -4.58. The van der Waals surface area contributed by atoms with Crippen molar-refractivity contribution >= 4 is 38.5 Å². The Kier molecular flexibility index (Phi) is 4.52. The Balaban J connectivity index is 2.40.